The first-order valence-corrected chi connectivity index (χ1v) is 6.98. The predicted molar refractivity (Wildman–Crippen MR) is 73.0 cm³/mol. The molecule has 1 aromatic carbocycles. The molecule has 0 aromatic heterocycles. The van der Waals surface area contributed by atoms with Gasteiger partial charge in [-0.2, -0.15) is 0 Å². The van der Waals surface area contributed by atoms with E-state index in [1.54, 1.807) is 0 Å². The summed E-state index contributed by atoms with van der Waals surface area (Å²) in [5.41, 5.74) is 1.18. The number of carbonyl (C=O) groups excluding carboxylic acids is 1. The number of hydrogen-bond acceptors (Lipinski definition) is 5. The third-order valence-corrected chi connectivity index (χ3v) is 3.87. The normalized spacial score (nSPS) is 21.8. The van der Waals surface area contributed by atoms with Crippen LogP contribution in [0.1, 0.15) is 24.4 Å². The lowest BCUT2D eigenvalue weighted by atomic mass is 10.0. The fourth-order valence-corrected chi connectivity index (χ4v) is 2.89. The summed E-state index contributed by atoms with van der Waals surface area (Å²) in [6.45, 7) is 2.46. The van der Waals surface area contributed by atoms with Crippen molar-refractivity contribution in [2.75, 3.05) is 33.4 Å². The lowest BCUT2D eigenvalue weighted by molar-refractivity contribution is -0.142. The van der Waals surface area contributed by atoms with Gasteiger partial charge in [0.25, 0.3) is 0 Å². The number of nitrogens with zero attached hydrogens (tertiary/aromatic N) is 1. The minimum Gasteiger partial charge on any atom is -0.486 e. The molecule has 0 aliphatic carbocycles. The van der Waals surface area contributed by atoms with Gasteiger partial charge in [0.2, 0.25) is 0 Å². The Hall–Kier alpha value is -1.75. The maximum Gasteiger partial charge on any atom is 0.319 e. The van der Waals surface area contributed by atoms with Gasteiger partial charge in [-0.25, -0.2) is 0 Å². The Balaban J connectivity index is 1.79. The van der Waals surface area contributed by atoms with Crippen molar-refractivity contribution in [1.29, 1.82) is 0 Å². The Morgan fingerprint density at radius 1 is 1.35 bits per heavy atom. The van der Waals surface area contributed by atoms with Crippen LogP contribution in [-0.2, 0) is 9.53 Å². The van der Waals surface area contributed by atoms with Gasteiger partial charge >= 0.3 is 5.97 Å². The van der Waals surface area contributed by atoms with Crippen LogP contribution in [0, 0.1) is 0 Å². The molecular weight excluding hydrogens is 258 g/mol. The van der Waals surface area contributed by atoms with Crippen LogP contribution >= 0.6 is 0 Å². The summed E-state index contributed by atoms with van der Waals surface area (Å²) in [7, 11) is 1.43. The van der Waals surface area contributed by atoms with Crippen LogP contribution < -0.4 is 9.47 Å². The molecule has 0 N–H and O–H groups in total. The van der Waals surface area contributed by atoms with E-state index >= 15 is 0 Å². The van der Waals surface area contributed by atoms with Gasteiger partial charge in [-0.15, -0.1) is 0 Å². The van der Waals surface area contributed by atoms with Crippen LogP contribution in [0.25, 0.3) is 0 Å². The number of rotatable bonds is 3. The molecule has 2 heterocycles. The molecule has 0 amide bonds. The average Bonchev–Trinajstić information content (AvgIpc) is 2.94. The molecule has 0 spiro atoms. The largest absolute Gasteiger partial charge is 0.486 e. The second-order valence-corrected chi connectivity index (χ2v) is 5.11. The molecule has 0 saturated carbocycles. The molecule has 0 radical (unpaired) electrons. The topological polar surface area (TPSA) is 48.0 Å². The molecule has 108 valence electrons. The number of carbonyl (C=O) groups is 1. The Morgan fingerprint density at radius 3 is 2.95 bits per heavy atom. The van der Waals surface area contributed by atoms with Crippen LogP contribution in [0.5, 0.6) is 11.5 Å². The van der Waals surface area contributed by atoms with E-state index in [0.717, 1.165) is 30.9 Å². The molecule has 20 heavy (non-hydrogen) atoms. The standard InChI is InChI=1S/C15H19NO4/c1-18-15(17)10-16-6-2-3-12(16)11-4-5-13-14(9-11)20-8-7-19-13/h4-5,9,12H,2-3,6-8,10H2,1H3/t12-/m1/s1. The van der Waals surface area contributed by atoms with Gasteiger partial charge in [0.15, 0.2) is 11.5 Å². The minimum atomic E-state index is -0.186. The van der Waals surface area contributed by atoms with Crippen molar-refractivity contribution in [3.63, 3.8) is 0 Å². The first kappa shape index (κ1) is 13.2. The van der Waals surface area contributed by atoms with Gasteiger partial charge in [-0.05, 0) is 37.1 Å². The third kappa shape index (κ3) is 2.58. The molecule has 1 fully saturated rings. The zero-order valence-corrected chi connectivity index (χ0v) is 11.6. The van der Waals surface area contributed by atoms with E-state index in [2.05, 4.69) is 11.0 Å². The molecule has 3 rings (SSSR count). The highest BCUT2D eigenvalue weighted by Crippen LogP contribution is 2.37. The second kappa shape index (κ2) is 5.71. The molecule has 0 bridgehead atoms. The number of esters is 1. The summed E-state index contributed by atoms with van der Waals surface area (Å²) >= 11 is 0. The Kier molecular flexibility index (Phi) is 3.78. The highest BCUT2D eigenvalue weighted by molar-refractivity contribution is 5.71. The lowest BCUT2D eigenvalue weighted by Crippen LogP contribution is -2.30. The van der Waals surface area contributed by atoms with Crippen molar-refractivity contribution in [3.05, 3.63) is 23.8 Å². The number of fused-ring (bicyclic) bond motifs is 1. The van der Waals surface area contributed by atoms with E-state index in [0.29, 0.717) is 19.8 Å². The molecule has 5 nitrogen and oxygen atoms in total. The molecule has 1 aromatic rings. The van der Waals surface area contributed by atoms with Crippen LogP contribution in [0.15, 0.2) is 18.2 Å². The predicted octanol–water partition coefficient (Wildman–Crippen LogP) is 1.77. The number of benzene rings is 1. The monoisotopic (exact) mass is 277 g/mol. The summed E-state index contributed by atoms with van der Waals surface area (Å²) in [5.74, 6) is 1.42. The summed E-state index contributed by atoms with van der Waals surface area (Å²) in [5, 5.41) is 0. The molecule has 2 aliphatic rings. The first-order chi connectivity index (χ1) is 9.78. The lowest BCUT2D eigenvalue weighted by Gasteiger charge is -2.25. The second-order valence-electron chi connectivity index (χ2n) is 5.11. The quantitative estimate of drug-likeness (QED) is 0.788. The zero-order valence-electron chi connectivity index (χ0n) is 11.6. The number of likely N-dealkylation sites (tertiary alicyclic amines) is 1. The van der Waals surface area contributed by atoms with Gasteiger partial charge in [-0.1, -0.05) is 6.07 Å². The van der Waals surface area contributed by atoms with Crippen molar-refractivity contribution in [2.24, 2.45) is 0 Å². The fraction of sp³-hybridized carbons (Fsp3) is 0.533. The number of methoxy groups -OCH3 is 1. The third-order valence-electron chi connectivity index (χ3n) is 3.87. The van der Waals surface area contributed by atoms with Gasteiger partial charge in [-0.3, -0.25) is 9.69 Å². The van der Waals surface area contributed by atoms with Crippen molar-refractivity contribution in [2.45, 2.75) is 18.9 Å². The van der Waals surface area contributed by atoms with E-state index in [9.17, 15) is 4.79 Å². The van der Waals surface area contributed by atoms with Crippen LogP contribution in [0.4, 0.5) is 0 Å². The average molecular weight is 277 g/mol. The van der Waals surface area contributed by atoms with Crippen LogP contribution in [0.2, 0.25) is 0 Å². The smallest absolute Gasteiger partial charge is 0.319 e. The molecule has 1 atom stereocenters. The van der Waals surface area contributed by atoms with E-state index in [-0.39, 0.29) is 12.0 Å². The number of hydrogen-bond donors (Lipinski definition) is 0. The highest BCUT2D eigenvalue weighted by atomic mass is 16.6. The zero-order chi connectivity index (χ0) is 13.9. The minimum absolute atomic E-state index is 0.186. The molecular formula is C15H19NO4. The van der Waals surface area contributed by atoms with E-state index in [1.807, 2.05) is 12.1 Å². The summed E-state index contributed by atoms with van der Waals surface area (Å²) < 4.78 is 15.9. The SMILES string of the molecule is COC(=O)CN1CCC[C@@H]1c1ccc2c(c1)OCCO2. The summed E-state index contributed by atoms with van der Waals surface area (Å²) in [6.07, 6.45) is 2.15. The van der Waals surface area contributed by atoms with Crippen molar-refractivity contribution in [1.82, 2.24) is 4.90 Å². The maximum absolute atomic E-state index is 11.5. The van der Waals surface area contributed by atoms with Gasteiger partial charge in [0, 0.05) is 6.04 Å². The van der Waals surface area contributed by atoms with E-state index < -0.39 is 0 Å². The van der Waals surface area contributed by atoms with Crippen LogP contribution in [-0.4, -0.2) is 44.3 Å². The van der Waals surface area contributed by atoms with Crippen molar-refractivity contribution >= 4 is 5.97 Å². The van der Waals surface area contributed by atoms with Crippen molar-refractivity contribution < 1.29 is 19.0 Å². The Morgan fingerprint density at radius 2 is 2.15 bits per heavy atom. The van der Waals surface area contributed by atoms with Gasteiger partial charge in [0.05, 0.1) is 13.7 Å². The fourth-order valence-electron chi connectivity index (χ4n) is 2.89. The van der Waals surface area contributed by atoms with Crippen molar-refractivity contribution in [3.8, 4) is 11.5 Å². The van der Waals surface area contributed by atoms with E-state index in [4.69, 9.17) is 14.2 Å². The molecule has 1 saturated heterocycles. The summed E-state index contributed by atoms with van der Waals surface area (Å²) in [4.78, 5) is 13.6. The first-order valence-electron chi connectivity index (χ1n) is 6.98. The Bertz CT molecular complexity index is 503. The van der Waals surface area contributed by atoms with Gasteiger partial charge in [0.1, 0.15) is 13.2 Å². The molecule has 5 heteroatoms. The highest BCUT2D eigenvalue weighted by Gasteiger charge is 2.28. The number of ether oxygens (including phenoxy) is 3. The summed E-state index contributed by atoms with van der Waals surface area (Å²) in [6, 6.07) is 6.31. The van der Waals surface area contributed by atoms with Crippen LogP contribution in [0.3, 0.4) is 0 Å². The molecule has 0 unspecified atom stereocenters. The van der Waals surface area contributed by atoms with E-state index in [1.165, 1.54) is 12.7 Å². The maximum atomic E-state index is 11.5. The Labute approximate surface area is 118 Å². The molecule has 2 aliphatic heterocycles. The van der Waals surface area contributed by atoms with Gasteiger partial charge < -0.3 is 14.2 Å².